The van der Waals surface area contributed by atoms with Crippen LogP contribution in [0, 0.1) is 6.92 Å². The Morgan fingerprint density at radius 3 is 2.70 bits per heavy atom. The van der Waals surface area contributed by atoms with Gasteiger partial charge in [-0.3, -0.25) is 4.98 Å². The second-order valence-electron chi connectivity index (χ2n) is 4.83. The van der Waals surface area contributed by atoms with Crippen molar-refractivity contribution < 1.29 is 4.74 Å². The van der Waals surface area contributed by atoms with E-state index in [9.17, 15) is 0 Å². The number of benzene rings is 1. The lowest BCUT2D eigenvalue weighted by Crippen LogP contribution is -2.24. The summed E-state index contributed by atoms with van der Waals surface area (Å²) >= 11 is 0. The number of aryl methyl sites for hydroxylation is 1. The molecule has 2 rings (SSSR count). The van der Waals surface area contributed by atoms with Gasteiger partial charge in [0, 0.05) is 6.20 Å². The second-order valence-corrected chi connectivity index (χ2v) is 4.83. The lowest BCUT2D eigenvalue weighted by atomic mass is 9.99. The van der Waals surface area contributed by atoms with Gasteiger partial charge in [0.2, 0.25) is 0 Å². The third kappa shape index (κ3) is 3.36. The van der Waals surface area contributed by atoms with Crippen molar-refractivity contribution in [3.63, 3.8) is 0 Å². The summed E-state index contributed by atoms with van der Waals surface area (Å²) < 4.78 is 5.44. The van der Waals surface area contributed by atoms with E-state index in [0.29, 0.717) is 0 Å². The first-order chi connectivity index (χ1) is 9.76. The summed E-state index contributed by atoms with van der Waals surface area (Å²) in [4.78, 5) is 4.55. The second kappa shape index (κ2) is 7.06. The van der Waals surface area contributed by atoms with Gasteiger partial charge in [0.05, 0.1) is 18.8 Å². The number of hydrogen-bond acceptors (Lipinski definition) is 3. The van der Waals surface area contributed by atoms with Gasteiger partial charge in [-0.15, -0.1) is 0 Å². The van der Waals surface area contributed by atoms with Gasteiger partial charge in [-0.25, -0.2) is 0 Å². The first kappa shape index (κ1) is 14.5. The lowest BCUT2D eigenvalue weighted by Gasteiger charge is -2.20. The molecule has 1 aromatic heterocycles. The van der Waals surface area contributed by atoms with Crippen molar-refractivity contribution in [3.8, 4) is 5.75 Å². The molecule has 0 saturated heterocycles. The molecular formula is C17H22N2O. The topological polar surface area (TPSA) is 34.1 Å². The Kier molecular flexibility index (Phi) is 5.13. The van der Waals surface area contributed by atoms with E-state index in [-0.39, 0.29) is 6.04 Å². The van der Waals surface area contributed by atoms with E-state index in [1.807, 2.05) is 30.5 Å². The predicted molar refractivity (Wildman–Crippen MR) is 82.1 cm³/mol. The fourth-order valence-corrected chi connectivity index (χ4v) is 2.47. The average molecular weight is 270 g/mol. The monoisotopic (exact) mass is 270 g/mol. The Bertz CT molecular complexity index is 554. The molecule has 1 unspecified atom stereocenters. The van der Waals surface area contributed by atoms with Crippen molar-refractivity contribution in [2.45, 2.75) is 26.3 Å². The van der Waals surface area contributed by atoms with Gasteiger partial charge in [0.25, 0.3) is 0 Å². The van der Waals surface area contributed by atoms with E-state index < -0.39 is 0 Å². The number of likely N-dealkylation sites (N-methyl/N-ethyl adjacent to an activating group) is 1. The predicted octanol–water partition coefficient (Wildman–Crippen LogP) is 3.29. The normalized spacial score (nSPS) is 12.2. The molecule has 20 heavy (non-hydrogen) atoms. The largest absolute Gasteiger partial charge is 0.496 e. The Balaban J connectivity index is 2.28. The maximum Gasteiger partial charge on any atom is 0.122 e. The molecule has 0 aliphatic carbocycles. The molecule has 0 fully saturated rings. The molecule has 1 N–H and O–H groups in total. The molecule has 1 heterocycles. The molecule has 1 aromatic carbocycles. The highest BCUT2D eigenvalue weighted by atomic mass is 16.5. The highest BCUT2D eigenvalue weighted by Crippen LogP contribution is 2.25. The Hall–Kier alpha value is -1.87. The number of methoxy groups -OCH3 is 1. The zero-order valence-corrected chi connectivity index (χ0v) is 12.4. The molecule has 0 aliphatic heterocycles. The molecule has 3 heteroatoms. The van der Waals surface area contributed by atoms with E-state index in [1.165, 1.54) is 11.1 Å². The van der Waals surface area contributed by atoms with E-state index in [0.717, 1.165) is 24.4 Å². The highest BCUT2D eigenvalue weighted by Gasteiger charge is 2.16. The van der Waals surface area contributed by atoms with Crippen LogP contribution in [0.4, 0.5) is 0 Å². The fraction of sp³-hybridized carbons (Fsp3) is 0.353. The van der Waals surface area contributed by atoms with E-state index in [2.05, 4.69) is 36.3 Å². The van der Waals surface area contributed by atoms with Crippen LogP contribution in [0.15, 0.2) is 42.6 Å². The molecule has 2 aromatic rings. The number of ether oxygens (including phenoxy) is 1. The van der Waals surface area contributed by atoms with Crippen molar-refractivity contribution in [3.05, 3.63) is 59.4 Å². The Morgan fingerprint density at radius 2 is 2.00 bits per heavy atom. The zero-order chi connectivity index (χ0) is 14.4. The van der Waals surface area contributed by atoms with Gasteiger partial charge in [0.1, 0.15) is 5.75 Å². The Labute approximate surface area is 121 Å². The van der Waals surface area contributed by atoms with Gasteiger partial charge in [-0.05, 0) is 43.1 Å². The van der Waals surface area contributed by atoms with Crippen molar-refractivity contribution >= 4 is 0 Å². The number of hydrogen-bond donors (Lipinski definition) is 1. The molecule has 1 atom stereocenters. The third-order valence-electron chi connectivity index (χ3n) is 3.45. The van der Waals surface area contributed by atoms with Crippen molar-refractivity contribution in [1.82, 2.24) is 10.3 Å². The molecule has 3 nitrogen and oxygen atoms in total. The molecule has 0 spiro atoms. The van der Waals surface area contributed by atoms with Crippen LogP contribution in [0.1, 0.15) is 29.8 Å². The summed E-state index contributed by atoms with van der Waals surface area (Å²) in [6, 6.07) is 12.4. The average Bonchev–Trinajstić information content (AvgIpc) is 2.48. The minimum Gasteiger partial charge on any atom is -0.496 e. The molecule has 0 bridgehead atoms. The fourth-order valence-electron chi connectivity index (χ4n) is 2.47. The molecule has 0 saturated carbocycles. The van der Waals surface area contributed by atoms with Gasteiger partial charge in [-0.1, -0.05) is 31.2 Å². The quantitative estimate of drug-likeness (QED) is 0.874. The molecular weight excluding hydrogens is 248 g/mol. The summed E-state index contributed by atoms with van der Waals surface area (Å²) in [5.74, 6) is 0.934. The SMILES string of the molecule is CCNC(Cc1ccccc1OC)c1ncccc1C. The zero-order valence-electron chi connectivity index (χ0n) is 12.4. The van der Waals surface area contributed by atoms with E-state index >= 15 is 0 Å². The third-order valence-corrected chi connectivity index (χ3v) is 3.45. The minimum absolute atomic E-state index is 0.206. The van der Waals surface area contributed by atoms with Crippen LogP contribution in [-0.2, 0) is 6.42 Å². The van der Waals surface area contributed by atoms with Gasteiger partial charge in [-0.2, -0.15) is 0 Å². The maximum absolute atomic E-state index is 5.44. The van der Waals surface area contributed by atoms with Crippen LogP contribution in [0.2, 0.25) is 0 Å². The van der Waals surface area contributed by atoms with Crippen molar-refractivity contribution in [2.24, 2.45) is 0 Å². The number of aromatic nitrogens is 1. The van der Waals surface area contributed by atoms with Gasteiger partial charge >= 0.3 is 0 Å². The van der Waals surface area contributed by atoms with Crippen LogP contribution >= 0.6 is 0 Å². The van der Waals surface area contributed by atoms with E-state index in [1.54, 1.807) is 7.11 Å². The van der Waals surface area contributed by atoms with Crippen molar-refractivity contribution in [1.29, 1.82) is 0 Å². The number of rotatable bonds is 6. The summed E-state index contributed by atoms with van der Waals surface area (Å²) in [7, 11) is 1.72. The van der Waals surface area contributed by atoms with Crippen LogP contribution in [0.5, 0.6) is 5.75 Å². The first-order valence-electron chi connectivity index (χ1n) is 7.03. The Morgan fingerprint density at radius 1 is 1.20 bits per heavy atom. The minimum atomic E-state index is 0.206. The summed E-state index contributed by atoms with van der Waals surface area (Å²) in [5, 5.41) is 3.52. The summed E-state index contributed by atoms with van der Waals surface area (Å²) in [6.45, 7) is 5.14. The summed E-state index contributed by atoms with van der Waals surface area (Å²) in [6.07, 6.45) is 2.73. The standard InChI is InChI=1S/C17H22N2O/c1-4-18-15(17-13(2)8-7-11-19-17)12-14-9-5-6-10-16(14)20-3/h5-11,15,18H,4,12H2,1-3H3. The van der Waals surface area contributed by atoms with Crippen LogP contribution in [0.25, 0.3) is 0 Å². The number of para-hydroxylation sites is 1. The number of nitrogens with one attached hydrogen (secondary N) is 1. The number of nitrogens with zero attached hydrogens (tertiary/aromatic N) is 1. The molecule has 0 amide bonds. The van der Waals surface area contributed by atoms with Crippen LogP contribution < -0.4 is 10.1 Å². The van der Waals surface area contributed by atoms with E-state index in [4.69, 9.17) is 4.74 Å². The van der Waals surface area contributed by atoms with Gasteiger partial charge < -0.3 is 10.1 Å². The number of pyridine rings is 1. The highest BCUT2D eigenvalue weighted by molar-refractivity contribution is 5.35. The van der Waals surface area contributed by atoms with Gasteiger partial charge in [0.15, 0.2) is 0 Å². The first-order valence-corrected chi connectivity index (χ1v) is 7.03. The molecule has 0 radical (unpaired) electrons. The molecule has 0 aliphatic rings. The van der Waals surface area contributed by atoms with Crippen molar-refractivity contribution in [2.75, 3.05) is 13.7 Å². The maximum atomic E-state index is 5.44. The van der Waals surface area contributed by atoms with Crippen LogP contribution in [0.3, 0.4) is 0 Å². The van der Waals surface area contributed by atoms with Crippen LogP contribution in [-0.4, -0.2) is 18.6 Å². The molecule has 106 valence electrons. The lowest BCUT2D eigenvalue weighted by molar-refractivity contribution is 0.405. The smallest absolute Gasteiger partial charge is 0.122 e. The summed E-state index contributed by atoms with van der Waals surface area (Å²) in [5.41, 5.74) is 3.53.